The largest absolute Gasteiger partial charge is 0.254 e. The van der Waals surface area contributed by atoms with E-state index in [1.807, 2.05) is 0 Å². The summed E-state index contributed by atoms with van der Waals surface area (Å²) >= 11 is 0. The average Bonchev–Trinajstić information content (AvgIpc) is 1.63. The molecule has 0 heterocycles. The molecular formula is C5H7ClO2S. The van der Waals surface area contributed by atoms with Gasteiger partial charge >= 0.3 is 0 Å². The molecular weight excluding hydrogens is 160 g/mol. The summed E-state index contributed by atoms with van der Waals surface area (Å²) in [7, 11) is 1.36. The molecule has 9 heavy (non-hydrogen) atoms. The Morgan fingerprint density at radius 2 is 1.89 bits per heavy atom. The van der Waals surface area contributed by atoms with Crippen molar-refractivity contribution in [3.05, 3.63) is 23.6 Å². The van der Waals surface area contributed by atoms with E-state index in [1.54, 1.807) is 19.1 Å². The van der Waals surface area contributed by atoms with Crippen LogP contribution < -0.4 is 0 Å². The van der Waals surface area contributed by atoms with E-state index >= 15 is 0 Å². The fourth-order valence-electron chi connectivity index (χ4n) is 0.250. The van der Waals surface area contributed by atoms with Crippen LogP contribution in [0.5, 0.6) is 0 Å². The van der Waals surface area contributed by atoms with E-state index in [1.165, 1.54) is 6.08 Å². The Bertz CT molecular complexity index is 213. The minimum Gasteiger partial charge on any atom is -0.208 e. The third kappa shape index (κ3) is 7.72. The Kier molecular flexibility index (Phi) is 3.58. The first-order valence-corrected chi connectivity index (χ1v) is 4.67. The normalized spacial score (nSPS) is 13.6. The molecule has 0 aliphatic heterocycles. The predicted molar refractivity (Wildman–Crippen MR) is 38.7 cm³/mol. The van der Waals surface area contributed by atoms with E-state index in [4.69, 9.17) is 10.7 Å². The molecule has 0 radical (unpaired) electrons. The van der Waals surface area contributed by atoms with Gasteiger partial charge in [0.15, 0.2) is 0 Å². The van der Waals surface area contributed by atoms with Gasteiger partial charge in [-0.3, -0.25) is 0 Å². The number of halogens is 1. The Hall–Kier alpha value is -0.280. The molecule has 0 N–H and O–H groups in total. The Morgan fingerprint density at radius 3 is 2.22 bits per heavy atom. The van der Waals surface area contributed by atoms with Crippen molar-refractivity contribution >= 4 is 19.7 Å². The highest BCUT2D eigenvalue weighted by Crippen LogP contribution is 1.96. The highest BCUT2D eigenvalue weighted by molar-refractivity contribution is 8.16. The first kappa shape index (κ1) is 8.72. The van der Waals surface area contributed by atoms with E-state index in [2.05, 4.69) is 0 Å². The van der Waals surface area contributed by atoms with Crippen LogP contribution in [0.4, 0.5) is 0 Å². The molecule has 0 unspecified atom stereocenters. The molecule has 0 saturated carbocycles. The van der Waals surface area contributed by atoms with Gasteiger partial charge in [-0.15, -0.1) is 0 Å². The van der Waals surface area contributed by atoms with Crippen molar-refractivity contribution in [2.45, 2.75) is 6.92 Å². The van der Waals surface area contributed by atoms with Gasteiger partial charge in [0.25, 0.3) is 9.05 Å². The Labute approximate surface area is 59.3 Å². The molecule has 0 spiro atoms. The molecule has 0 amide bonds. The van der Waals surface area contributed by atoms with Crippen molar-refractivity contribution in [2.24, 2.45) is 0 Å². The van der Waals surface area contributed by atoms with Crippen LogP contribution in [0.1, 0.15) is 6.92 Å². The molecule has 0 fully saturated rings. The molecule has 0 saturated heterocycles. The fourth-order valence-corrected chi connectivity index (χ4v) is 0.707. The lowest BCUT2D eigenvalue weighted by Crippen LogP contribution is -1.76. The molecule has 0 atom stereocenters. The van der Waals surface area contributed by atoms with Gasteiger partial charge in [0.1, 0.15) is 0 Å². The van der Waals surface area contributed by atoms with Crippen molar-refractivity contribution < 1.29 is 8.42 Å². The van der Waals surface area contributed by atoms with E-state index in [0.29, 0.717) is 0 Å². The Balaban J connectivity index is 4.03. The average molecular weight is 167 g/mol. The second-order valence-corrected chi connectivity index (χ2v) is 3.84. The molecule has 0 aromatic carbocycles. The van der Waals surface area contributed by atoms with E-state index in [0.717, 1.165) is 5.41 Å². The lowest BCUT2D eigenvalue weighted by molar-refractivity contribution is 0.617. The maximum atomic E-state index is 10.2. The summed E-state index contributed by atoms with van der Waals surface area (Å²) in [4.78, 5) is 0. The highest BCUT2D eigenvalue weighted by Gasteiger charge is 1.92. The van der Waals surface area contributed by atoms with Crippen LogP contribution in [0.25, 0.3) is 0 Å². The summed E-state index contributed by atoms with van der Waals surface area (Å²) in [6.45, 7) is 1.78. The summed E-state index contributed by atoms with van der Waals surface area (Å²) in [5, 5.41) is 0.925. The zero-order chi connectivity index (χ0) is 7.33. The maximum absolute atomic E-state index is 10.2. The van der Waals surface area contributed by atoms with Gasteiger partial charge < -0.3 is 0 Å². The maximum Gasteiger partial charge on any atom is 0.254 e. The van der Waals surface area contributed by atoms with Crippen LogP contribution in [-0.4, -0.2) is 8.42 Å². The van der Waals surface area contributed by atoms with E-state index < -0.39 is 9.05 Å². The zero-order valence-electron chi connectivity index (χ0n) is 4.91. The van der Waals surface area contributed by atoms with Gasteiger partial charge in [-0.2, -0.15) is 0 Å². The van der Waals surface area contributed by atoms with E-state index in [9.17, 15) is 8.42 Å². The van der Waals surface area contributed by atoms with Gasteiger partial charge in [0.2, 0.25) is 0 Å². The van der Waals surface area contributed by atoms with Gasteiger partial charge in [0.05, 0.1) is 0 Å². The smallest absolute Gasteiger partial charge is 0.208 e. The van der Waals surface area contributed by atoms with Gasteiger partial charge in [-0.25, -0.2) is 8.42 Å². The second-order valence-electron chi connectivity index (χ2n) is 1.33. The third-order valence-corrected chi connectivity index (χ3v) is 1.34. The number of rotatable bonds is 2. The highest BCUT2D eigenvalue weighted by atomic mass is 35.7. The fraction of sp³-hybridized carbons (Fsp3) is 0.200. The van der Waals surface area contributed by atoms with Crippen LogP contribution in [0.2, 0.25) is 0 Å². The van der Waals surface area contributed by atoms with Crippen molar-refractivity contribution in [2.75, 3.05) is 0 Å². The van der Waals surface area contributed by atoms with E-state index in [-0.39, 0.29) is 0 Å². The number of hydrogen-bond donors (Lipinski definition) is 0. The summed E-state index contributed by atoms with van der Waals surface area (Å²) in [5.74, 6) is 0. The summed E-state index contributed by atoms with van der Waals surface area (Å²) in [6.07, 6.45) is 4.65. The molecule has 4 heteroatoms. The topological polar surface area (TPSA) is 34.1 Å². The lowest BCUT2D eigenvalue weighted by Gasteiger charge is -1.76. The predicted octanol–water partition coefficient (Wildman–Crippen LogP) is 1.64. The molecule has 0 bridgehead atoms. The van der Waals surface area contributed by atoms with Crippen LogP contribution in [0, 0.1) is 0 Å². The first-order valence-electron chi connectivity index (χ1n) is 2.30. The van der Waals surface area contributed by atoms with Gasteiger partial charge in [-0.05, 0) is 13.0 Å². The molecule has 52 valence electrons. The molecule has 0 aromatic rings. The molecule has 0 aliphatic rings. The summed E-state index contributed by atoms with van der Waals surface area (Å²) in [5.41, 5.74) is 0. The van der Waals surface area contributed by atoms with Crippen molar-refractivity contribution in [1.82, 2.24) is 0 Å². The Morgan fingerprint density at radius 1 is 1.33 bits per heavy atom. The summed E-state index contributed by atoms with van der Waals surface area (Å²) < 4.78 is 20.3. The van der Waals surface area contributed by atoms with Crippen LogP contribution in [-0.2, 0) is 9.05 Å². The molecule has 0 aliphatic carbocycles. The van der Waals surface area contributed by atoms with Gasteiger partial charge in [0, 0.05) is 16.1 Å². The quantitative estimate of drug-likeness (QED) is 0.462. The first-order chi connectivity index (χ1) is 4.06. The van der Waals surface area contributed by atoms with Crippen LogP contribution >= 0.6 is 10.7 Å². The van der Waals surface area contributed by atoms with Crippen molar-refractivity contribution in [3.63, 3.8) is 0 Å². The molecule has 0 rings (SSSR count). The number of allylic oxidation sites excluding steroid dienone is 3. The SMILES string of the molecule is C/C=C/C=C\S(=O)(=O)Cl. The molecule has 0 aromatic heterocycles. The van der Waals surface area contributed by atoms with Crippen LogP contribution in [0.3, 0.4) is 0 Å². The van der Waals surface area contributed by atoms with Crippen molar-refractivity contribution in [3.8, 4) is 0 Å². The number of hydrogen-bond acceptors (Lipinski definition) is 2. The molecule has 2 nitrogen and oxygen atoms in total. The monoisotopic (exact) mass is 166 g/mol. The minimum atomic E-state index is -3.46. The second kappa shape index (κ2) is 3.69. The minimum absolute atomic E-state index is 0.925. The lowest BCUT2D eigenvalue weighted by atomic mass is 10.5. The van der Waals surface area contributed by atoms with Crippen molar-refractivity contribution in [1.29, 1.82) is 0 Å². The standard InChI is InChI=1S/C5H7ClO2S/c1-2-3-4-5-9(6,7)8/h2-5H,1H3/b3-2+,5-4-. The van der Waals surface area contributed by atoms with Crippen LogP contribution in [0.15, 0.2) is 23.6 Å². The summed E-state index contributed by atoms with van der Waals surface area (Å²) in [6, 6.07) is 0. The zero-order valence-corrected chi connectivity index (χ0v) is 6.48. The van der Waals surface area contributed by atoms with Gasteiger partial charge in [-0.1, -0.05) is 12.2 Å². The third-order valence-electron chi connectivity index (χ3n) is 0.545.